The lowest BCUT2D eigenvalue weighted by Crippen LogP contribution is -2.10. The van der Waals surface area contributed by atoms with Crippen LogP contribution in [0.4, 0.5) is 24.7 Å². The summed E-state index contributed by atoms with van der Waals surface area (Å²) in [5.74, 6) is 0.581. The highest BCUT2D eigenvalue weighted by Crippen LogP contribution is 2.37. The van der Waals surface area contributed by atoms with Gasteiger partial charge in [0.15, 0.2) is 0 Å². The molecule has 0 radical (unpaired) electrons. The summed E-state index contributed by atoms with van der Waals surface area (Å²) in [5, 5.41) is 3.98. The number of nitrogens with zero attached hydrogens (tertiary/aromatic N) is 3. The van der Waals surface area contributed by atoms with E-state index in [1.165, 1.54) is 24.2 Å². The second-order valence-corrected chi connectivity index (χ2v) is 8.30. The molecule has 2 aromatic heterocycles. The quantitative estimate of drug-likeness (QED) is 0.353. The third kappa shape index (κ3) is 4.83. The minimum atomic E-state index is -4.49. The fourth-order valence-electron chi connectivity index (χ4n) is 3.36. The zero-order chi connectivity index (χ0) is 22.2. The van der Waals surface area contributed by atoms with Crippen LogP contribution in [0.5, 0.6) is 0 Å². The molecule has 0 aliphatic carbocycles. The van der Waals surface area contributed by atoms with Crippen LogP contribution in [0.1, 0.15) is 31.9 Å². The highest BCUT2D eigenvalue weighted by Gasteiger charge is 2.34. The second-order valence-electron chi connectivity index (χ2n) is 8.30. The number of hydrogen-bond acceptors (Lipinski definition) is 4. The minimum Gasteiger partial charge on any atom is -0.340 e. The predicted molar refractivity (Wildman–Crippen MR) is 123 cm³/mol. The highest BCUT2D eigenvalue weighted by atomic mass is 35.5. The average Bonchev–Trinajstić information content (AvgIpc) is 2.73. The summed E-state index contributed by atoms with van der Waals surface area (Å²) < 4.78 is 40.1. The summed E-state index contributed by atoms with van der Waals surface area (Å²) in [6, 6.07) is 15.3. The molecule has 4 nitrogen and oxygen atoms in total. The molecule has 0 aliphatic heterocycles. The minimum absolute atomic E-state index is 0. The number of anilines is 2. The number of halogens is 4. The van der Waals surface area contributed by atoms with Crippen molar-refractivity contribution in [3.8, 4) is 11.3 Å². The third-order valence-corrected chi connectivity index (χ3v) is 5.04. The number of benzene rings is 2. The first kappa shape index (κ1) is 23.5. The number of nitrogens with one attached hydrogen (secondary N) is 1. The normalized spacial score (nSPS) is 11.8. The van der Waals surface area contributed by atoms with Gasteiger partial charge >= 0.3 is 6.18 Å². The smallest absolute Gasteiger partial charge is 0.340 e. The molecule has 0 unspecified atom stereocenters. The van der Waals surface area contributed by atoms with E-state index in [0.717, 1.165) is 11.8 Å². The fraction of sp³-hybridized carbons (Fsp3) is 0.208. The maximum absolute atomic E-state index is 13.4. The predicted octanol–water partition coefficient (Wildman–Crippen LogP) is 7.17. The number of aromatic nitrogens is 3. The van der Waals surface area contributed by atoms with Gasteiger partial charge in [-0.2, -0.15) is 13.2 Å². The molecule has 0 aliphatic rings. The van der Waals surface area contributed by atoms with Gasteiger partial charge in [0.05, 0.1) is 16.8 Å². The fourth-order valence-corrected chi connectivity index (χ4v) is 3.36. The van der Waals surface area contributed by atoms with Crippen molar-refractivity contribution < 1.29 is 13.2 Å². The number of pyridine rings is 1. The van der Waals surface area contributed by atoms with E-state index >= 15 is 0 Å². The zero-order valence-electron chi connectivity index (χ0n) is 17.7. The van der Waals surface area contributed by atoms with Gasteiger partial charge in [-0.15, -0.1) is 12.4 Å². The Balaban J connectivity index is 0.00000289. The van der Waals surface area contributed by atoms with Gasteiger partial charge in [-0.3, -0.25) is 4.98 Å². The van der Waals surface area contributed by atoms with Crippen LogP contribution >= 0.6 is 12.4 Å². The Bertz CT molecular complexity index is 1230. The topological polar surface area (TPSA) is 50.7 Å². The first-order valence-electron chi connectivity index (χ1n) is 9.78. The molecule has 32 heavy (non-hydrogen) atoms. The maximum atomic E-state index is 13.4. The van der Waals surface area contributed by atoms with Crippen LogP contribution in [0.15, 0.2) is 67.1 Å². The Morgan fingerprint density at radius 3 is 2.22 bits per heavy atom. The molecule has 0 fully saturated rings. The standard InChI is InChI=1S/C24H21F3N4.ClH/c1-23(2,3)16-7-9-17(10-8-16)31-22-18-11-6-15(13-20(18)29-14-30-22)21-19(24(25,26)27)5-4-12-28-21;/h4-14H,1-3H3,(H,29,30,31);1H. The molecule has 0 spiro atoms. The lowest BCUT2D eigenvalue weighted by atomic mass is 9.87. The Kier molecular flexibility index (Phi) is 6.41. The number of rotatable bonds is 3. The Labute approximate surface area is 190 Å². The summed E-state index contributed by atoms with van der Waals surface area (Å²) in [6.45, 7) is 6.45. The van der Waals surface area contributed by atoms with Crippen LogP contribution in [-0.4, -0.2) is 15.0 Å². The van der Waals surface area contributed by atoms with Crippen molar-refractivity contribution in [2.45, 2.75) is 32.4 Å². The van der Waals surface area contributed by atoms with E-state index in [9.17, 15) is 13.2 Å². The van der Waals surface area contributed by atoms with E-state index < -0.39 is 11.7 Å². The van der Waals surface area contributed by atoms with Crippen LogP contribution in [0.2, 0.25) is 0 Å². The zero-order valence-corrected chi connectivity index (χ0v) is 18.6. The summed E-state index contributed by atoms with van der Waals surface area (Å²) in [4.78, 5) is 12.5. The van der Waals surface area contributed by atoms with E-state index in [1.807, 2.05) is 12.1 Å². The Hall–Kier alpha value is -3.19. The highest BCUT2D eigenvalue weighted by molar-refractivity contribution is 5.93. The van der Waals surface area contributed by atoms with Crippen molar-refractivity contribution in [3.05, 3.63) is 78.2 Å². The molecular formula is C24H22ClF3N4. The van der Waals surface area contributed by atoms with Gasteiger partial charge in [0.1, 0.15) is 12.1 Å². The molecule has 8 heteroatoms. The molecule has 0 atom stereocenters. The molecule has 2 heterocycles. The van der Waals surface area contributed by atoms with Gasteiger partial charge in [0.2, 0.25) is 0 Å². The molecule has 0 saturated heterocycles. The van der Waals surface area contributed by atoms with E-state index in [0.29, 0.717) is 22.3 Å². The molecule has 0 bridgehead atoms. The lowest BCUT2D eigenvalue weighted by molar-refractivity contribution is -0.137. The van der Waals surface area contributed by atoms with Crippen molar-refractivity contribution in [1.82, 2.24) is 15.0 Å². The van der Waals surface area contributed by atoms with Crippen LogP contribution in [0, 0.1) is 0 Å². The molecule has 2 aromatic carbocycles. The average molecular weight is 459 g/mol. The molecule has 4 rings (SSSR count). The van der Waals surface area contributed by atoms with Crippen molar-refractivity contribution in [2.75, 3.05) is 5.32 Å². The van der Waals surface area contributed by atoms with Crippen molar-refractivity contribution in [1.29, 1.82) is 0 Å². The summed E-state index contributed by atoms with van der Waals surface area (Å²) in [6.07, 6.45) is -1.75. The number of fused-ring (bicyclic) bond motifs is 1. The van der Waals surface area contributed by atoms with Crippen LogP contribution in [-0.2, 0) is 11.6 Å². The van der Waals surface area contributed by atoms with Crippen molar-refractivity contribution >= 4 is 34.8 Å². The van der Waals surface area contributed by atoms with Gasteiger partial charge in [0, 0.05) is 22.8 Å². The van der Waals surface area contributed by atoms with Crippen molar-refractivity contribution in [3.63, 3.8) is 0 Å². The van der Waals surface area contributed by atoms with Gasteiger partial charge in [-0.25, -0.2) is 9.97 Å². The number of alkyl halides is 3. The van der Waals surface area contributed by atoms with Gasteiger partial charge in [-0.05, 0) is 47.4 Å². The molecule has 1 N–H and O–H groups in total. The Morgan fingerprint density at radius 1 is 0.844 bits per heavy atom. The third-order valence-electron chi connectivity index (χ3n) is 5.04. The SMILES string of the molecule is CC(C)(C)c1ccc(Nc2ncnc3cc(-c4ncccc4C(F)(F)F)ccc23)cc1.Cl. The van der Waals surface area contributed by atoms with Gasteiger partial charge in [0.25, 0.3) is 0 Å². The molecule has 166 valence electrons. The van der Waals surface area contributed by atoms with E-state index in [1.54, 1.807) is 18.2 Å². The first-order chi connectivity index (χ1) is 14.6. The molecule has 0 saturated carbocycles. The van der Waals surface area contributed by atoms with E-state index in [2.05, 4.69) is 53.2 Å². The number of hydrogen-bond donors (Lipinski definition) is 1. The molecule has 4 aromatic rings. The van der Waals surface area contributed by atoms with Crippen LogP contribution < -0.4 is 5.32 Å². The maximum Gasteiger partial charge on any atom is 0.418 e. The second kappa shape index (κ2) is 8.74. The van der Waals surface area contributed by atoms with Crippen LogP contribution in [0.3, 0.4) is 0 Å². The molecular weight excluding hydrogens is 437 g/mol. The molecule has 0 amide bonds. The van der Waals surface area contributed by atoms with Crippen LogP contribution in [0.25, 0.3) is 22.2 Å². The van der Waals surface area contributed by atoms with E-state index in [4.69, 9.17) is 0 Å². The van der Waals surface area contributed by atoms with Crippen molar-refractivity contribution in [2.24, 2.45) is 0 Å². The van der Waals surface area contributed by atoms with E-state index in [-0.39, 0.29) is 23.5 Å². The summed E-state index contributed by atoms with van der Waals surface area (Å²) in [7, 11) is 0. The van der Waals surface area contributed by atoms with Gasteiger partial charge < -0.3 is 5.32 Å². The summed E-state index contributed by atoms with van der Waals surface area (Å²) >= 11 is 0. The lowest BCUT2D eigenvalue weighted by Gasteiger charge is -2.19. The summed E-state index contributed by atoms with van der Waals surface area (Å²) in [5.41, 5.74) is 2.10. The first-order valence-corrected chi connectivity index (χ1v) is 9.78. The largest absolute Gasteiger partial charge is 0.418 e. The van der Waals surface area contributed by atoms with Gasteiger partial charge in [-0.1, -0.05) is 39.0 Å². The monoisotopic (exact) mass is 458 g/mol. The Morgan fingerprint density at radius 2 is 1.56 bits per heavy atom.